The molecule has 0 atom stereocenters. The first-order valence-electron chi connectivity index (χ1n) is 10.5. The quantitative estimate of drug-likeness (QED) is 0.567. The van der Waals surface area contributed by atoms with Crippen LogP contribution >= 0.6 is 23.8 Å². The van der Waals surface area contributed by atoms with Crippen LogP contribution in [-0.4, -0.2) is 61.4 Å². The molecule has 2 aromatic heterocycles. The van der Waals surface area contributed by atoms with E-state index in [1.165, 1.54) is 11.6 Å². The van der Waals surface area contributed by atoms with Gasteiger partial charge in [-0.25, -0.2) is 4.79 Å². The van der Waals surface area contributed by atoms with Crippen molar-refractivity contribution in [3.8, 4) is 0 Å². The monoisotopic (exact) mass is 475 g/mol. The number of nitrogens with zero attached hydrogens (tertiary/aromatic N) is 6. The molecule has 1 aliphatic rings. The number of halogens is 1. The van der Waals surface area contributed by atoms with Crippen molar-refractivity contribution in [1.29, 1.82) is 0 Å². The highest BCUT2D eigenvalue weighted by molar-refractivity contribution is 7.80. The van der Waals surface area contributed by atoms with E-state index in [1.807, 2.05) is 35.8 Å². The first-order chi connectivity index (χ1) is 15.3. The third-order valence-electron chi connectivity index (χ3n) is 5.79. The van der Waals surface area contributed by atoms with Gasteiger partial charge in [0.05, 0.1) is 6.54 Å². The fourth-order valence-electron chi connectivity index (χ4n) is 4.00. The van der Waals surface area contributed by atoms with E-state index in [1.54, 1.807) is 7.05 Å². The number of hydrogen-bond donors (Lipinski definition) is 1. The number of aryl methyl sites for hydroxylation is 1. The topological polar surface area (TPSA) is 80.3 Å². The number of nitrogens with one attached hydrogen (secondary N) is 1. The van der Waals surface area contributed by atoms with Gasteiger partial charge in [0.1, 0.15) is 0 Å². The Morgan fingerprint density at radius 3 is 2.47 bits per heavy atom. The van der Waals surface area contributed by atoms with E-state index in [0.29, 0.717) is 41.8 Å². The Labute approximate surface area is 195 Å². The molecule has 9 nitrogen and oxygen atoms in total. The van der Waals surface area contributed by atoms with Crippen LogP contribution in [0.25, 0.3) is 11.2 Å². The van der Waals surface area contributed by atoms with E-state index in [0.717, 1.165) is 34.9 Å². The summed E-state index contributed by atoms with van der Waals surface area (Å²) in [6.45, 7) is 6.01. The van der Waals surface area contributed by atoms with Crippen molar-refractivity contribution in [2.45, 2.75) is 13.5 Å². The van der Waals surface area contributed by atoms with Crippen molar-refractivity contribution in [3.63, 3.8) is 0 Å². The van der Waals surface area contributed by atoms with Crippen molar-refractivity contribution in [2.24, 2.45) is 14.1 Å². The number of rotatable bonds is 4. The summed E-state index contributed by atoms with van der Waals surface area (Å²) >= 11 is 11.9. The molecule has 4 rings (SSSR count). The van der Waals surface area contributed by atoms with Crippen LogP contribution in [0.2, 0.25) is 5.02 Å². The van der Waals surface area contributed by atoms with Crippen LogP contribution in [0, 0.1) is 0 Å². The van der Waals surface area contributed by atoms with Crippen LogP contribution in [0.5, 0.6) is 0 Å². The molecule has 11 heteroatoms. The number of aromatic nitrogens is 4. The van der Waals surface area contributed by atoms with Crippen LogP contribution in [-0.2, 0) is 20.6 Å². The molecule has 0 radical (unpaired) electrons. The van der Waals surface area contributed by atoms with E-state index in [4.69, 9.17) is 28.8 Å². The summed E-state index contributed by atoms with van der Waals surface area (Å²) in [6, 6.07) is 7.53. The number of fused-ring (bicyclic) bond motifs is 1. The predicted molar refractivity (Wildman–Crippen MR) is 131 cm³/mol. The van der Waals surface area contributed by atoms with Crippen LogP contribution in [0.3, 0.4) is 0 Å². The Kier molecular flexibility index (Phi) is 6.25. The maximum absolute atomic E-state index is 13.1. The van der Waals surface area contributed by atoms with Crippen molar-refractivity contribution in [1.82, 2.24) is 28.9 Å². The molecule has 3 aromatic rings. The standard InChI is InChI=1S/C21H26ClN7O2S/c1-4-23-20(32)28-11-9-27(10-12-28)19-24-17-16(18(30)26(3)21(31)25(17)2)29(19)13-14-7-5-6-8-15(14)22/h5-8H,4,9-13H2,1-3H3,(H,23,32). The zero-order chi connectivity index (χ0) is 23.0. The second kappa shape index (κ2) is 8.95. The van der Waals surface area contributed by atoms with E-state index in [9.17, 15) is 9.59 Å². The van der Waals surface area contributed by atoms with Gasteiger partial charge >= 0.3 is 5.69 Å². The normalized spacial score (nSPS) is 14.2. The summed E-state index contributed by atoms with van der Waals surface area (Å²) < 4.78 is 4.40. The lowest BCUT2D eigenvalue weighted by molar-refractivity contribution is 0.377. The van der Waals surface area contributed by atoms with Gasteiger partial charge < -0.3 is 15.1 Å². The molecule has 1 N–H and O–H groups in total. The Morgan fingerprint density at radius 2 is 1.81 bits per heavy atom. The molecule has 0 aliphatic carbocycles. The molecule has 0 saturated carbocycles. The summed E-state index contributed by atoms with van der Waals surface area (Å²) in [5.74, 6) is 0.646. The van der Waals surface area contributed by atoms with Gasteiger partial charge in [0.25, 0.3) is 5.56 Å². The molecule has 1 aromatic carbocycles. The van der Waals surface area contributed by atoms with E-state index in [2.05, 4.69) is 15.1 Å². The van der Waals surface area contributed by atoms with Gasteiger partial charge in [0.2, 0.25) is 5.95 Å². The molecule has 0 bridgehead atoms. The van der Waals surface area contributed by atoms with E-state index < -0.39 is 5.69 Å². The molecule has 0 unspecified atom stereocenters. The minimum atomic E-state index is -0.405. The highest BCUT2D eigenvalue weighted by Gasteiger charge is 2.26. The maximum atomic E-state index is 13.1. The summed E-state index contributed by atoms with van der Waals surface area (Å²) in [6.07, 6.45) is 0. The Balaban J connectivity index is 1.80. The lowest BCUT2D eigenvalue weighted by Crippen LogP contribution is -2.52. The molecule has 1 aliphatic heterocycles. The van der Waals surface area contributed by atoms with Crippen molar-refractivity contribution < 1.29 is 0 Å². The average molecular weight is 476 g/mol. The number of anilines is 1. The fraction of sp³-hybridized carbons (Fsp3) is 0.429. The molecule has 1 fully saturated rings. The van der Waals surface area contributed by atoms with Gasteiger partial charge in [-0.2, -0.15) is 4.98 Å². The molecule has 3 heterocycles. The van der Waals surface area contributed by atoms with Crippen LogP contribution in [0.15, 0.2) is 33.9 Å². The highest BCUT2D eigenvalue weighted by Crippen LogP contribution is 2.25. The summed E-state index contributed by atoms with van der Waals surface area (Å²) in [5, 5.41) is 4.55. The molecule has 0 spiro atoms. The van der Waals surface area contributed by atoms with Crippen molar-refractivity contribution in [2.75, 3.05) is 37.6 Å². The van der Waals surface area contributed by atoms with Gasteiger partial charge in [0, 0.05) is 51.8 Å². The minimum absolute atomic E-state index is 0.366. The Bertz CT molecular complexity index is 1290. The predicted octanol–water partition coefficient (Wildman–Crippen LogP) is 1.15. The van der Waals surface area contributed by atoms with Gasteiger partial charge in [-0.1, -0.05) is 29.8 Å². The van der Waals surface area contributed by atoms with E-state index >= 15 is 0 Å². The molecular weight excluding hydrogens is 450 g/mol. The van der Waals surface area contributed by atoms with Gasteiger partial charge in [-0.05, 0) is 30.8 Å². The SMILES string of the molecule is CCNC(=S)N1CCN(c2nc3c(c(=O)n(C)c(=O)n3C)n2Cc2ccccc2Cl)CC1. The largest absolute Gasteiger partial charge is 0.363 e. The molecule has 0 amide bonds. The second-order valence-corrected chi connectivity index (χ2v) is 8.57. The van der Waals surface area contributed by atoms with Crippen LogP contribution in [0.1, 0.15) is 12.5 Å². The minimum Gasteiger partial charge on any atom is -0.363 e. The summed E-state index contributed by atoms with van der Waals surface area (Å²) in [7, 11) is 3.12. The molecular formula is C21H26ClN7O2S. The Morgan fingerprint density at radius 1 is 1.12 bits per heavy atom. The average Bonchev–Trinajstić information content (AvgIpc) is 3.17. The van der Waals surface area contributed by atoms with Crippen molar-refractivity contribution in [3.05, 3.63) is 55.7 Å². The number of hydrogen-bond acceptors (Lipinski definition) is 5. The number of imidazole rings is 1. The first-order valence-corrected chi connectivity index (χ1v) is 11.3. The highest BCUT2D eigenvalue weighted by atomic mass is 35.5. The molecule has 32 heavy (non-hydrogen) atoms. The third kappa shape index (κ3) is 3.88. The Hall–Kier alpha value is -2.85. The lowest BCUT2D eigenvalue weighted by atomic mass is 10.2. The second-order valence-electron chi connectivity index (χ2n) is 7.78. The smallest absolute Gasteiger partial charge is 0.332 e. The zero-order valence-electron chi connectivity index (χ0n) is 18.3. The first kappa shape index (κ1) is 22.3. The summed E-state index contributed by atoms with van der Waals surface area (Å²) in [5.41, 5.74) is 0.844. The maximum Gasteiger partial charge on any atom is 0.332 e. The molecule has 170 valence electrons. The van der Waals surface area contributed by atoms with Gasteiger partial charge in [-0.3, -0.25) is 18.5 Å². The number of piperazine rings is 1. The van der Waals surface area contributed by atoms with Crippen LogP contribution < -0.4 is 21.5 Å². The molecule has 1 saturated heterocycles. The van der Waals surface area contributed by atoms with Crippen LogP contribution in [0.4, 0.5) is 5.95 Å². The van der Waals surface area contributed by atoms with Gasteiger partial charge in [-0.15, -0.1) is 0 Å². The number of thiocarbonyl (C=S) groups is 1. The zero-order valence-corrected chi connectivity index (χ0v) is 19.9. The third-order valence-corrected chi connectivity index (χ3v) is 6.56. The lowest BCUT2D eigenvalue weighted by Gasteiger charge is -2.36. The van der Waals surface area contributed by atoms with E-state index in [-0.39, 0.29) is 5.56 Å². The number of benzene rings is 1. The summed E-state index contributed by atoms with van der Waals surface area (Å²) in [4.78, 5) is 34.6. The van der Waals surface area contributed by atoms with Gasteiger partial charge in [0.15, 0.2) is 16.3 Å². The van der Waals surface area contributed by atoms with Crippen molar-refractivity contribution >= 4 is 46.0 Å². The fourth-order valence-corrected chi connectivity index (χ4v) is 4.52.